The minimum Gasteiger partial charge on any atom is -0.309 e. The number of aromatic nitrogens is 1. The summed E-state index contributed by atoms with van der Waals surface area (Å²) in [5, 5.41) is 12.2. The molecule has 0 spiro atoms. The lowest BCUT2D eigenvalue weighted by atomic mass is 10.3. The smallest absolute Gasteiger partial charge is 0.0640 e. The second-order valence-corrected chi connectivity index (χ2v) is 2.35. The van der Waals surface area contributed by atoms with Crippen molar-refractivity contribution in [2.75, 3.05) is 6.54 Å². The van der Waals surface area contributed by atoms with Crippen LogP contribution < -0.4 is 5.43 Å². The first kappa shape index (κ1) is 9.20. The molecule has 0 unspecified atom stereocenters. The average Bonchev–Trinajstić information content (AvgIpc) is 2.19. The zero-order valence-corrected chi connectivity index (χ0v) is 7.14. The Bertz CT molecular complexity index is 299. The van der Waals surface area contributed by atoms with Gasteiger partial charge < -0.3 is 5.43 Å². The van der Waals surface area contributed by atoms with Crippen LogP contribution in [0, 0.1) is 11.3 Å². The van der Waals surface area contributed by atoms with Crippen LogP contribution in [0.4, 0.5) is 0 Å². The molecule has 0 radical (unpaired) electrons. The van der Waals surface area contributed by atoms with Gasteiger partial charge in [0.05, 0.1) is 18.7 Å². The van der Waals surface area contributed by atoms with Crippen LogP contribution in [0.1, 0.15) is 12.0 Å². The lowest BCUT2D eigenvalue weighted by Gasteiger charge is -1.93. The van der Waals surface area contributed by atoms with Crippen molar-refractivity contribution >= 4 is 6.21 Å². The Kier molecular flexibility index (Phi) is 4.05. The molecule has 4 heteroatoms. The second-order valence-electron chi connectivity index (χ2n) is 2.35. The highest BCUT2D eigenvalue weighted by molar-refractivity contribution is 5.78. The summed E-state index contributed by atoms with van der Waals surface area (Å²) >= 11 is 0. The summed E-state index contributed by atoms with van der Waals surface area (Å²) in [5.41, 5.74) is 3.75. The molecular weight excluding hydrogens is 164 g/mol. The molecule has 0 aliphatic heterocycles. The third kappa shape index (κ3) is 3.87. The fourth-order valence-electron chi connectivity index (χ4n) is 0.746. The fourth-order valence-corrected chi connectivity index (χ4v) is 0.746. The molecule has 0 aliphatic carbocycles. The van der Waals surface area contributed by atoms with Crippen molar-refractivity contribution in [2.24, 2.45) is 5.10 Å². The van der Waals surface area contributed by atoms with Gasteiger partial charge in [-0.05, 0) is 17.7 Å². The molecule has 0 bridgehead atoms. The maximum absolute atomic E-state index is 8.23. The highest BCUT2D eigenvalue weighted by atomic mass is 15.3. The highest BCUT2D eigenvalue weighted by Crippen LogP contribution is 1.89. The number of pyridine rings is 1. The summed E-state index contributed by atoms with van der Waals surface area (Å²) in [6, 6.07) is 5.73. The molecule has 0 atom stereocenters. The zero-order chi connectivity index (χ0) is 9.36. The van der Waals surface area contributed by atoms with E-state index >= 15 is 0 Å². The summed E-state index contributed by atoms with van der Waals surface area (Å²) < 4.78 is 0. The molecule has 13 heavy (non-hydrogen) atoms. The van der Waals surface area contributed by atoms with Crippen molar-refractivity contribution in [2.45, 2.75) is 6.42 Å². The predicted molar refractivity (Wildman–Crippen MR) is 50.1 cm³/mol. The quantitative estimate of drug-likeness (QED) is 0.419. The number of hydrogen-bond acceptors (Lipinski definition) is 4. The van der Waals surface area contributed by atoms with Crippen molar-refractivity contribution in [3.05, 3.63) is 30.1 Å². The van der Waals surface area contributed by atoms with Crippen molar-refractivity contribution in [1.29, 1.82) is 5.26 Å². The summed E-state index contributed by atoms with van der Waals surface area (Å²) in [4.78, 5) is 3.88. The molecular formula is C9H10N4. The molecule has 1 aromatic heterocycles. The summed E-state index contributed by atoms with van der Waals surface area (Å²) in [6.07, 6.45) is 5.57. The minimum absolute atomic E-state index is 0.466. The highest BCUT2D eigenvalue weighted by Gasteiger charge is 1.83. The predicted octanol–water partition coefficient (Wildman–Crippen LogP) is 0.919. The molecule has 0 amide bonds. The maximum atomic E-state index is 8.23. The molecule has 66 valence electrons. The third-order valence-electron chi connectivity index (χ3n) is 1.36. The van der Waals surface area contributed by atoms with E-state index in [-0.39, 0.29) is 0 Å². The molecule has 1 heterocycles. The standard InChI is InChI=1S/C9H10N4/c10-4-1-5-12-13-8-9-2-6-11-7-3-9/h2-3,6-8,12H,1,5H2/b13-8+. The van der Waals surface area contributed by atoms with Gasteiger partial charge in [0, 0.05) is 18.9 Å². The van der Waals surface area contributed by atoms with Gasteiger partial charge in [-0.15, -0.1) is 0 Å². The van der Waals surface area contributed by atoms with E-state index in [2.05, 4.69) is 15.5 Å². The van der Waals surface area contributed by atoms with Crippen molar-refractivity contribution < 1.29 is 0 Å². The van der Waals surface area contributed by atoms with Gasteiger partial charge in [0.15, 0.2) is 0 Å². The van der Waals surface area contributed by atoms with Crippen LogP contribution in [0.3, 0.4) is 0 Å². The molecule has 1 rings (SSSR count). The Morgan fingerprint density at radius 3 is 3.00 bits per heavy atom. The second kappa shape index (κ2) is 5.72. The van der Waals surface area contributed by atoms with Gasteiger partial charge in [0.25, 0.3) is 0 Å². The number of nitrogens with one attached hydrogen (secondary N) is 1. The first-order valence-corrected chi connectivity index (χ1v) is 3.96. The molecule has 4 nitrogen and oxygen atoms in total. The van der Waals surface area contributed by atoms with E-state index in [9.17, 15) is 0 Å². The van der Waals surface area contributed by atoms with Crippen LogP contribution in [-0.4, -0.2) is 17.7 Å². The largest absolute Gasteiger partial charge is 0.309 e. The molecule has 0 fully saturated rings. The first-order valence-electron chi connectivity index (χ1n) is 3.96. The van der Waals surface area contributed by atoms with E-state index in [1.807, 2.05) is 18.2 Å². The van der Waals surface area contributed by atoms with Crippen LogP contribution in [0.5, 0.6) is 0 Å². The molecule has 1 N–H and O–H groups in total. The van der Waals surface area contributed by atoms with E-state index < -0.39 is 0 Å². The molecule has 0 aromatic carbocycles. The van der Waals surface area contributed by atoms with E-state index in [0.29, 0.717) is 13.0 Å². The molecule has 0 aliphatic rings. The van der Waals surface area contributed by atoms with Crippen molar-refractivity contribution in [3.63, 3.8) is 0 Å². The van der Waals surface area contributed by atoms with Crippen LogP contribution >= 0.6 is 0 Å². The Morgan fingerprint density at radius 1 is 1.54 bits per heavy atom. The van der Waals surface area contributed by atoms with Crippen LogP contribution in [0.2, 0.25) is 0 Å². The lowest BCUT2D eigenvalue weighted by Crippen LogP contribution is -2.06. The van der Waals surface area contributed by atoms with Gasteiger partial charge >= 0.3 is 0 Å². The maximum Gasteiger partial charge on any atom is 0.0640 e. The molecule has 1 aromatic rings. The van der Waals surface area contributed by atoms with Gasteiger partial charge in [0.2, 0.25) is 0 Å². The number of nitrogens with zero attached hydrogens (tertiary/aromatic N) is 3. The Labute approximate surface area is 76.9 Å². The van der Waals surface area contributed by atoms with Gasteiger partial charge in [-0.2, -0.15) is 10.4 Å². The van der Waals surface area contributed by atoms with E-state index in [4.69, 9.17) is 5.26 Å². The summed E-state index contributed by atoms with van der Waals surface area (Å²) in [7, 11) is 0. The van der Waals surface area contributed by atoms with Gasteiger partial charge in [0.1, 0.15) is 0 Å². The third-order valence-corrected chi connectivity index (χ3v) is 1.36. The molecule has 0 saturated heterocycles. The van der Waals surface area contributed by atoms with Crippen LogP contribution in [0.25, 0.3) is 0 Å². The van der Waals surface area contributed by atoms with Crippen molar-refractivity contribution in [3.8, 4) is 6.07 Å². The topological polar surface area (TPSA) is 61.1 Å². The summed E-state index contributed by atoms with van der Waals surface area (Å²) in [5.74, 6) is 0. The first-order chi connectivity index (χ1) is 6.43. The number of rotatable bonds is 4. The number of hydrogen-bond donors (Lipinski definition) is 1. The lowest BCUT2D eigenvalue weighted by molar-refractivity contribution is 0.750. The van der Waals surface area contributed by atoms with Crippen LogP contribution in [0.15, 0.2) is 29.6 Å². The number of hydrazone groups is 1. The fraction of sp³-hybridized carbons (Fsp3) is 0.222. The number of nitriles is 1. The van der Waals surface area contributed by atoms with E-state index in [1.54, 1.807) is 18.6 Å². The Hall–Kier alpha value is -1.89. The SMILES string of the molecule is N#CCCN/N=C/c1ccncc1. The van der Waals surface area contributed by atoms with Gasteiger partial charge in [-0.1, -0.05) is 0 Å². The van der Waals surface area contributed by atoms with Gasteiger partial charge in [-0.3, -0.25) is 4.98 Å². The van der Waals surface area contributed by atoms with E-state index in [0.717, 1.165) is 5.56 Å². The van der Waals surface area contributed by atoms with Crippen LogP contribution in [-0.2, 0) is 0 Å². The summed E-state index contributed by atoms with van der Waals surface area (Å²) in [6.45, 7) is 0.581. The minimum atomic E-state index is 0.466. The zero-order valence-electron chi connectivity index (χ0n) is 7.14. The van der Waals surface area contributed by atoms with Gasteiger partial charge in [-0.25, -0.2) is 0 Å². The normalized spacial score (nSPS) is 9.77. The van der Waals surface area contributed by atoms with E-state index in [1.165, 1.54) is 0 Å². The Morgan fingerprint density at radius 2 is 2.31 bits per heavy atom. The Balaban J connectivity index is 2.29. The molecule has 0 saturated carbocycles. The average molecular weight is 174 g/mol. The van der Waals surface area contributed by atoms with Crippen molar-refractivity contribution in [1.82, 2.24) is 10.4 Å². The monoisotopic (exact) mass is 174 g/mol.